The minimum atomic E-state index is 0.385. The fraction of sp³-hybridized carbons (Fsp3) is 0.200. The highest BCUT2D eigenvalue weighted by molar-refractivity contribution is 6.39. The Kier molecular flexibility index (Phi) is 4.41. The van der Waals surface area contributed by atoms with Crippen LogP contribution in [0.1, 0.15) is 12.0 Å². The Hall–Kier alpha value is -0.550. The van der Waals surface area contributed by atoms with E-state index in [4.69, 9.17) is 40.5 Å². The van der Waals surface area contributed by atoms with Gasteiger partial charge in [0.05, 0.1) is 15.7 Å². The van der Waals surface area contributed by atoms with E-state index in [0.29, 0.717) is 28.0 Å². The zero-order valence-corrected chi connectivity index (χ0v) is 9.55. The molecule has 1 aromatic carbocycles. The number of benzene rings is 1. The van der Waals surface area contributed by atoms with Gasteiger partial charge in [0.2, 0.25) is 0 Å². The second-order valence-corrected chi connectivity index (χ2v) is 3.79. The Labute approximate surface area is 98.1 Å². The first-order valence-electron chi connectivity index (χ1n) is 3.94. The molecule has 1 aromatic rings. The summed E-state index contributed by atoms with van der Waals surface area (Å²) < 4.78 is 0. The van der Waals surface area contributed by atoms with Crippen LogP contribution in [0.15, 0.2) is 12.1 Å². The van der Waals surface area contributed by atoms with Crippen molar-refractivity contribution in [3.8, 4) is 11.8 Å². The summed E-state index contributed by atoms with van der Waals surface area (Å²) in [5.41, 5.74) is 6.71. The first kappa shape index (κ1) is 11.5. The van der Waals surface area contributed by atoms with Crippen molar-refractivity contribution < 1.29 is 0 Å². The Morgan fingerprint density at radius 1 is 1.21 bits per heavy atom. The van der Waals surface area contributed by atoms with E-state index < -0.39 is 0 Å². The smallest absolute Gasteiger partial charge is 0.0693 e. The van der Waals surface area contributed by atoms with Gasteiger partial charge in [0, 0.05) is 17.9 Å². The molecule has 1 rings (SSSR count). The third-order valence-corrected chi connectivity index (χ3v) is 2.35. The fourth-order valence-corrected chi connectivity index (χ4v) is 1.45. The van der Waals surface area contributed by atoms with E-state index in [1.54, 1.807) is 12.1 Å². The summed E-state index contributed by atoms with van der Waals surface area (Å²) in [6, 6.07) is 3.37. The number of nitrogens with two attached hydrogens (primary N) is 1. The maximum absolute atomic E-state index is 5.83. The van der Waals surface area contributed by atoms with Gasteiger partial charge in [-0.15, -0.1) is 11.6 Å². The molecule has 1 nitrogen and oxygen atoms in total. The van der Waals surface area contributed by atoms with Crippen LogP contribution in [0, 0.1) is 11.8 Å². The predicted molar refractivity (Wildman–Crippen MR) is 63.1 cm³/mol. The van der Waals surface area contributed by atoms with Crippen LogP contribution >= 0.6 is 34.8 Å². The van der Waals surface area contributed by atoms with Crippen LogP contribution in [-0.4, -0.2) is 5.88 Å². The molecule has 4 heteroatoms. The molecule has 0 spiro atoms. The van der Waals surface area contributed by atoms with E-state index >= 15 is 0 Å². The van der Waals surface area contributed by atoms with Gasteiger partial charge >= 0.3 is 0 Å². The third-order valence-electron chi connectivity index (χ3n) is 1.53. The maximum Gasteiger partial charge on any atom is 0.0693 e. The Bertz CT molecular complexity index is 367. The molecule has 0 amide bonds. The van der Waals surface area contributed by atoms with Gasteiger partial charge in [0.1, 0.15) is 0 Å². The molecule has 0 fully saturated rings. The summed E-state index contributed by atoms with van der Waals surface area (Å²) in [4.78, 5) is 0. The molecule has 0 unspecified atom stereocenters. The van der Waals surface area contributed by atoms with E-state index in [1.165, 1.54) is 0 Å². The molecule has 0 aliphatic rings. The summed E-state index contributed by atoms with van der Waals surface area (Å²) in [5, 5.41) is 0.848. The van der Waals surface area contributed by atoms with Crippen LogP contribution in [0.4, 0.5) is 5.69 Å². The number of nitrogen functional groups attached to an aromatic ring is 1. The van der Waals surface area contributed by atoms with E-state index in [-0.39, 0.29) is 0 Å². The lowest BCUT2D eigenvalue weighted by Gasteiger charge is -2.00. The van der Waals surface area contributed by atoms with Crippen molar-refractivity contribution in [3.05, 3.63) is 27.7 Å². The lowest BCUT2D eigenvalue weighted by molar-refractivity contribution is 1.29. The van der Waals surface area contributed by atoms with Gasteiger partial charge in [-0.3, -0.25) is 0 Å². The molecule has 2 N–H and O–H groups in total. The number of hydrogen-bond acceptors (Lipinski definition) is 1. The zero-order chi connectivity index (χ0) is 10.6. The highest BCUT2D eigenvalue weighted by atomic mass is 35.5. The standard InChI is InChI=1S/C10H8Cl3N/c11-4-2-1-3-7-5-8(12)10(14)9(13)6-7/h5-6H,2,4,14H2. The van der Waals surface area contributed by atoms with Gasteiger partial charge < -0.3 is 5.73 Å². The second-order valence-electron chi connectivity index (χ2n) is 2.59. The summed E-state index contributed by atoms with van der Waals surface area (Å²) >= 11 is 17.1. The van der Waals surface area contributed by atoms with E-state index in [1.807, 2.05) is 0 Å². The number of halogens is 3. The molecule has 0 atom stereocenters. The minimum absolute atomic E-state index is 0.385. The Morgan fingerprint density at radius 2 is 1.79 bits per heavy atom. The lowest BCUT2D eigenvalue weighted by atomic mass is 10.2. The molecule has 0 saturated carbocycles. The average molecular weight is 249 g/mol. The molecule has 0 aliphatic carbocycles. The quantitative estimate of drug-likeness (QED) is 0.459. The summed E-state index contributed by atoms with van der Waals surface area (Å²) in [6.07, 6.45) is 0.640. The van der Waals surface area contributed by atoms with E-state index in [0.717, 1.165) is 5.56 Å². The molecular formula is C10H8Cl3N. The van der Waals surface area contributed by atoms with Crippen LogP contribution < -0.4 is 5.73 Å². The van der Waals surface area contributed by atoms with E-state index in [2.05, 4.69) is 11.8 Å². The number of rotatable bonds is 1. The fourth-order valence-electron chi connectivity index (χ4n) is 0.868. The molecule has 0 bridgehead atoms. The minimum Gasteiger partial charge on any atom is -0.396 e. The summed E-state index contributed by atoms with van der Waals surface area (Å²) in [6.45, 7) is 0. The molecule has 0 aromatic heterocycles. The number of anilines is 1. The summed E-state index contributed by atoms with van der Waals surface area (Å²) in [5.74, 6) is 6.30. The van der Waals surface area contributed by atoms with Gasteiger partial charge in [-0.1, -0.05) is 35.0 Å². The Morgan fingerprint density at radius 3 is 2.29 bits per heavy atom. The van der Waals surface area contributed by atoms with Gasteiger partial charge in [0.25, 0.3) is 0 Å². The van der Waals surface area contributed by atoms with Gasteiger partial charge in [-0.2, -0.15) is 0 Å². The van der Waals surface area contributed by atoms with Crippen LogP contribution in [0.2, 0.25) is 10.0 Å². The van der Waals surface area contributed by atoms with Crippen molar-refractivity contribution in [2.24, 2.45) is 0 Å². The molecule has 14 heavy (non-hydrogen) atoms. The SMILES string of the molecule is Nc1c(Cl)cc(C#CCCCl)cc1Cl. The highest BCUT2D eigenvalue weighted by Gasteiger charge is 2.02. The third kappa shape index (κ3) is 2.99. The zero-order valence-electron chi connectivity index (χ0n) is 7.28. The molecule has 0 saturated heterocycles. The van der Waals surface area contributed by atoms with Crippen LogP contribution in [-0.2, 0) is 0 Å². The number of alkyl halides is 1. The molecule has 0 aliphatic heterocycles. The molecule has 0 heterocycles. The topological polar surface area (TPSA) is 26.0 Å². The molecule has 74 valence electrons. The average Bonchev–Trinajstić information content (AvgIpc) is 2.14. The highest BCUT2D eigenvalue weighted by Crippen LogP contribution is 2.28. The van der Waals surface area contributed by atoms with Crippen molar-refractivity contribution in [1.82, 2.24) is 0 Å². The van der Waals surface area contributed by atoms with Crippen molar-refractivity contribution in [1.29, 1.82) is 0 Å². The first-order valence-corrected chi connectivity index (χ1v) is 5.23. The predicted octanol–water partition coefficient (Wildman–Crippen LogP) is 3.56. The lowest BCUT2D eigenvalue weighted by Crippen LogP contribution is -1.88. The van der Waals surface area contributed by atoms with Crippen molar-refractivity contribution in [2.75, 3.05) is 11.6 Å². The number of hydrogen-bond donors (Lipinski definition) is 1. The van der Waals surface area contributed by atoms with Crippen LogP contribution in [0.5, 0.6) is 0 Å². The van der Waals surface area contributed by atoms with Crippen LogP contribution in [0.3, 0.4) is 0 Å². The monoisotopic (exact) mass is 247 g/mol. The second kappa shape index (κ2) is 5.36. The van der Waals surface area contributed by atoms with Gasteiger partial charge in [-0.25, -0.2) is 0 Å². The van der Waals surface area contributed by atoms with E-state index in [9.17, 15) is 0 Å². The normalized spacial score (nSPS) is 9.36. The van der Waals surface area contributed by atoms with Gasteiger partial charge in [-0.05, 0) is 12.1 Å². The van der Waals surface area contributed by atoms with Crippen molar-refractivity contribution >= 4 is 40.5 Å². The van der Waals surface area contributed by atoms with Crippen molar-refractivity contribution in [2.45, 2.75) is 6.42 Å². The largest absolute Gasteiger partial charge is 0.396 e. The first-order chi connectivity index (χ1) is 6.65. The van der Waals surface area contributed by atoms with Crippen LogP contribution in [0.25, 0.3) is 0 Å². The molecule has 0 radical (unpaired) electrons. The maximum atomic E-state index is 5.83. The Balaban J connectivity index is 2.97. The van der Waals surface area contributed by atoms with Gasteiger partial charge in [0.15, 0.2) is 0 Å². The molecular weight excluding hydrogens is 240 g/mol. The van der Waals surface area contributed by atoms with Crippen molar-refractivity contribution in [3.63, 3.8) is 0 Å². The summed E-state index contributed by atoms with van der Waals surface area (Å²) in [7, 11) is 0.